The molecule has 0 saturated heterocycles. The lowest BCUT2D eigenvalue weighted by Crippen LogP contribution is -2.53. The summed E-state index contributed by atoms with van der Waals surface area (Å²) in [7, 11) is 0. The van der Waals surface area contributed by atoms with Gasteiger partial charge in [-0.1, -0.05) is 124 Å². The predicted molar refractivity (Wildman–Crippen MR) is 169 cm³/mol. The summed E-state index contributed by atoms with van der Waals surface area (Å²) in [5.41, 5.74) is 4.20. The highest BCUT2D eigenvalue weighted by Gasteiger charge is 2.32. The van der Waals surface area contributed by atoms with Crippen molar-refractivity contribution in [2.24, 2.45) is 0 Å². The molecule has 6 heteroatoms. The molecule has 0 spiro atoms. The molecule has 0 bridgehead atoms. The second kappa shape index (κ2) is 14.4. The first kappa shape index (κ1) is 31.1. The van der Waals surface area contributed by atoms with Crippen LogP contribution in [-0.2, 0) is 34.4 Å². The maximum Gasteiger partial charge on any atom is 0.243 e. The van der Waals surface area contributed by atoms with E-state index < -0.39 is 6.04 Å². The molecule has 0 aromatic heterocycles. The van der Waals surface area contributed by atoms with E-state index in [1.54, 1.807) is 17.0 Å². The van der Waals surface area contributed by atoms with Crippen LogP contribution in [0.25, 0.3) is 0 Å². The Morgan fingerprint density at radius 2 is 1.59 bits per heavy atom. The molecule has 4 rings (SSSR count). The Balaban J connectivity index is 1.61. The third-order valence-electron chi connectivity index (χ3n) is 8.03. The normalized spacial score (nSPS) is 14.9. The highest BCUT2D eigenvalue weighted by molar-refractivity contribution is 6.35. The zero-order chi connectivity index (χ0) is 29.4. The maximum atomic E-state index is 14.0. The van der Waals surface area contributed by atoms with Crippen molar-refractivity contribution in [1.82, 2.24) is 10.2 Å². The fraction of sp³-hybridized carbons (Fsp3) is 0.429. The zero-order valence-electron chi connectivity index (χ0n) is 24.5. The van der Waals surface area contributed by atoms with Gasteiger partial charge in [0, 0.05) is 35.5 Å². The Morgan fingerprint density at radius 1 is 0.902 bits per heavy atom. The number of rotatable bonds is 10. The molecule has 3 aromatic carbocycles. The number of amides is 2. The Labute approximate surface area is 255 Å². The van der Waals surface area contributed by atoms with Gasteiger partial charge in [-0.15, -0.1) is 0 Å². The van der Waals surface area contributed by atoms with Crippen molar-refractivity contribution in [3.63, 3.8) is 0 Å². The molecule has 1 aliphatic rings. The summed E-state index contributed by atoms with van der Waals surface area (Å²) in [5, 5.41) is 4.31. The second-order valence-electron chi connectivity index (χ2n) is 12.3. The van der Waals surface area contributed by atoms with Crippen molar-refractivity contribution < 1.29 is 9.59 Å². The van der Waals surface area contributed by atoms with Crippen LogP contribution >= 0.6 is 23.2 Å². The predicted octanol–water partition coefficient (Wildman–Crippen LogP) is 8.31. The summed E-state index contributed by atoms with van der Waals surface area (Å²) >= 11 is 12.8. The van der Waals surface area contributed by atoms with Gasteiger partial charge in [0.2, 0.25) is 11.8 Å². The van der Waals surface area contributed by atoms with Crippen LogP contribution in [-0.4, -0.2) is 28.8 Å². The van der Waals surface area contributed by atoms with Gasteiger partial charge < -0.3 is 10.2 Å². The third kappa shape index (κ3) is 9.08. The molecule has 0 heterocycles. The molecule has 218 valence electrons. The number of nitrogens with zero attached hydrogens (tertiary/aromatic N) is 1. The van der Waals surface area contributed by atoms with Crippen molar-refractivity contribution in [2.75, 3.05) is 0 Å². The van der Waals surface area contributed by atoms with Gasteiger partial charge in [-0.05, 0) is 59.1 Å². The van der Waals surface area contributed by atoms with Crippen molar-refractivity contribution in [2.45, 2.75) is 96.2 Å². The number of nitrogens with one attached hydrogen (secondary N) is 1. The van der Waals surface area contributed by atoms with E-state index in [2.05, 4.69) is 50.4 Å². The van der Waals surface area contributed by atoms with E-state index in [1.165, 1.54) is 12.0 Å². The maximum absolute atomic E-state index is 14.0. The molecule has 2 amide bonds. The molecule has 41 heavy (non-hydrogen) atoms. The Hall–Kier alpha value is -2.82. The number of hydrogen-bond acceptors (Lipinski definition) is 2. The summed E-state index contributed by atoms with van der Waals surface area (Å²) in [6.07, 6.45) is 6.71. The fourth-order valence-corrected chi connectivity index (χ4v) is 5.97. The van der Waals surface area contributed by atoms with Crippen LogP contribution in [0.15, 0.2) is 72.8 Å². The molecular formula is C35H42Cl2N2O2. The van der Waals surface area contributed by atoms with Gasteiger partial charge in [0.1, 0.15) is 6.04 Å². The zero-order valence-corrected chi connectivity index (χ0v) is 26.0. The standard InChI is InChI=1S/C35H42Cl2N2O2/c1-35(2,3)28-18-14-25(15-19-28)16-21-33(40)39(24-27-17-20-29(36)23-31(27)37)32(22-26-10-6-4-7-11-26)34(41)38-30-12-8-5-9-13-30/h4,6-7,10-11,14-15,17-20,23,30,32H,5,8-9,12-13,16,21-22,24H2,1-3H3,(H,38,41)/t32-/m0/s1. The Bertz CT molecular complexity index is 1300. The van der Waals surface area contributed by atoms with Crippen molar-refractivity contribution in [1.29, 1.82) is 0 Å². The smallest absolute Gasteiger partial charge is 0.243 e. The number of hydrogen-bond donors (Lipinski definition) is 1. The molecule has 1 saturated carbocycles. The number of aryl methyl sites for hydroxylation is 1. The van der Waals surface area contributed by atoms with E-state index in [0.717, 1.165) is 42.4 Å². The van der Waals surface area contributed by atoms with Crippen LogP contribution in [0.5, 0.6) is 0 Å². The molecule has 4 nitrogen and oxygen atoms in total. The van der Waals surface area contributed by atoms with Gasteiger partial charge in [-0.3, -0.25) is 9.59 Å². The molecular weight excluding hydrogens is 551 g/mol. The molecule has 1 N–H and O–H groups in total. The first-order valence-electron chi connectivity index (χ1n) is 14.8. The van der Waals surface area contributed by atoms with E-state index in [0.29, 0.717) is 29.3 Å². The molecule has 1 fully saturated rings. The first-order chi connectivity index (χ1) is 19.6. The number of halogens is 2. The number of carbonyl (C=O) groups is 2. The van der Waals surface area contributed by atoms with E-state index >= 15 is 0 Å². The van der Waals surface area contributed by atoms with E-state index in [9.17, 15) is 9.59 Å². The molecule has 1 aliphatic carbocycles. The minimum atomic E-state index is -0.665. The SMILES string of the molecule is CC(C)(C)c1ccc(CCC(=O)N(Cc2ccc(Cl)cc2Cl)[C@@H](Cc2ccccc2)C(=O)NC2CCCCC2)cc1. The average Bonchev–Trinajstić information content (AvgIpc) is 2.95. The van der Waals surface area contributed by atoms with Crippen LogP contribution < -0.4 is 5.32 Å². The third-order valence-corrected chi connectivity index (χ3v) is 8.61. The van der Waals surface area contributed by atoms with Crippen LogP contribution in [0.4, 0.5) is 0 Å². The Morgan fingerprint density at radius 3 is 2.22 bits per heavy atom. The highest BCUT2D eigenvalue weighted by atomic mass is 35.5. The van der Waals surface area contributed by atoms with Crippen LogP contribution in [0.3, 0.4) is 0 Å². The summed E-state index contributed by atoms with van der Waals surface area (Å²) in [5.74, 6) is -0.177. The molecule has 0 unspecified atom stereocenters. The van der Waals surface area contributed by atoms with Gasteiger partial charge in [0.15, 0.2) is 0 Å². The molecule has 3 aromatic rings. The van der Waals surface area contributed by atoms with Gasteiger partial charge in [-0.25, -0.2) is 0 Å². The van der Waals surface area contributed by atoms with Gasteiger partial charge >= 0.3 is 0 Å². The van der Waals surface area contributed by atoms with Crippen LogP contribution in [0.1, 0.15) is 81.5 Å². The first-order valence-corrected chi connectivity index (χ1v) is 15.5. The lowest BCUT2D eigenvalue weighted by molar-refractivity contribution is -0.141. The van der Waals surface area contributed by atoms with E-state index in [1.807, 2.05) is 36.4 Å². The van der Waals surface area contributed by atoms with Gasteiger partial charge in [0.25, 0.3) is 0 Å². The van der Waals surface area contributed by atoms with Gasteiger partial charge in [0.05, 0.1) is 0 Å². The lowest BCUT2D eigenvalue weighted by atomic mass is 9.86. The molecule has 0 radical (unpaired) electrons. The van der Waals surface area contributed by atoms with Crippen LogP contribution in [0.2, 0.25) is 10.0 Å². The molecule has 1 atom stereocenters. The van der Waals surface area contributed by atoms with Crippen molar-refractivity contribution in [3.05, 3.63) is 105 Å². The van der Waals surface area contributed by atoms with E-state index in [-0.39, 0.29) is 29.8 Å². The largest absolute Gasteiger partial charge is 0.352 e. The summed E-state index contributed by atoms with van der Waals surface area (Å²) < 4.78 is 0. The monoisotopic (exact) mass is 592 g/mol. The summed E-state index contributed by atoms with van der Waals surface area (Å²) in [6, 6.07) is 23.2. The lowest BCUT2D eigenvalue weighted by Gasteiger charge is -2.34. The number of benzene rings is 3. The average molecular weight is 594 g/mol. The van der Waals surface area contributed by atoms with Gasteiger partial charge in [-0.2, -0.15) is 0 Å². The number of carbonyl (C=O) groups excluding carboxylic acids is 2. The van der Waals surface area contributed by atoms with Crippen molar-refractivity contribution in [3.8, 4) is 0 Å². The quantitative estimate of drug-likeness (QED) is 0.257. The van der Waals surface area contributed by atoms with Crippen LogP contribution in [0, 0.1) is 0 Å². The fourth-order valence-electron chi connectivity index (χ4n) is 5.50. The summed E-state index contributed by atoms with van der Waals surface area (Å²) in [6.45, 7) is 6.80. The Kier molecular flexibility index (Phi) is 10.9. The topological polar surface area (TPSA) is 49.4 Å². The van der Waals surface area contributed by atoms with E-state index in [4.69, 9.17) is 23.2 Å². The minimum Gasteiger partial charge on any atom is -0.352 e. The second-order valence-corrected chi connectivity index (χ2v) is 13.1. The highest BCUT2D eigenvalue weighted by Crippen LogP contribution is 2.26. The summed E-state index contributed by atoms with van der Waals surface area (Å²) in [4.78, 5) is 29.7. The molecule has 0 aliphatic heterocycles. The van der Waals surface area contributed by atoms with Crippen molar-refractivity contribution >= 4 is 35.0 Å². The minimum absolute atomic E-state index is 0.0688.